The lowest BCUT2D eigenvalue weighted by Gasteiger charge is -2.04. The van der Waals surface area contributed by atoms with Crippen LogP contribution in [0.5, 0.6) is 0 Å². The van der Waals surface area contributed by atoms with Gasteiger partial charge in [-0.15, -0.1) is 0 Å². The lowest BCUT2D eigenvalue weighted by atomic mass is 10.1. The molecule has 0 amide bonds. The van der Waals surface area contributed by atoms with Crippen LogP contribution in [0.2, 0.25) is 0 Å². The van der Waals surface area contributed by atoms with Crippen molar-refractivity contribution in [2.24, 2.45) is 11.6 Å². The van der Waals surface area contributed by atoms with Gasteiger partial charge in [0.2, 0.25) is 0 Å². The number of Topliss-reactive ketones (excluding diaryl/α,β-unsaturated/α-hetero) is 1. The van der Waals surface area contributed by atoms with Crippen molar-refractivity contribution in [3.05, 3.63) is 0 Å². The smallest absolute Gasteiger partial charge is 0.320 e. The van der Waals surface area contributed by atoms with Gasteiger partial charge in [0.15, 0.2) is 0 Å². The molecule has 0 saturated heterocycles. The van der Waals surface area contributed by atoms with Gasteiger partial charge >= 0.3 is 5.97 Å². The summed E-state index contributed by atoms with van der Waals surface area (Å²) in [5.41, 5.74) is 7.34. The zero-order valence-electron chi connectivity index (χ0n) is 6.62. The summed E-state index contributed by atoms with van der Waals surface area (Å²) in [6.07, 6.45) is 0.285. The number of hydrogen-bond donors (Lipinski definition) is 4. The number of rotatable bonds is 6. The van der Waals surface area contributed by atoms with Crippen LogP contribution in [-0.2, 0) is 9.59 Å². The van der Waals surface area contributed by atoms with Crippen molar-refractivity contribution in [1.82, 2.24) is 5.43 Å². The van der Waals surface area contributed by atoms with Crippen LogP contribution in [0.1, 0.15) is 12.8 Å². The second-order valence-corrected chi connectivity index (χ2v) is 2.40. The molecular formula is C6H13N3O3. The van der Waals surface area contributed by atoms with Gasteiger partial charge in [0.05, 0.1) is 6.54 Å². The van der Waals surface area contributed by atoms with E-state index < -0.39 is 12.0 Å². The van der Waals surface area contributed by atoms with E-state index in [1.807, 2.05) is 0 Å². The molecule has 0 rings (SSSR count). The van der Waals surface area contributed by atoms with Crippen molar-refractivity contribution in [2.75, 3.05) is 6.54 Å². The number of hydrogen-bond acceptors (Lipinski definition) is 5. The van der Waals surface area contributed by atoms with Crippen LogP contribution in [0.25, 0.3) is 0 Å². The van der Waals surface area contributed by atoms with Crippen LogP contribution in [-0.4, -0.2) is 29.4 Å². The first-order chi connectivity index (χ1) is 5.57. The van der Waals surface area contributed by atoms with Crippen LogP contribution in [0.3, 0.4) is 0 Å². The van der Waals surface area contributed by atoms with Gasteiger partial charge in [0.1, 0.15) is 11.8 Å². The number of hydrazine groups is 1. The van der Waals surface area contributed by atoms with Crippen molar-refractivity contribution < 1.29 is 14.7 Å². The van der Waals surface area contributed by atoms with Gasteiger partial charge in [0.25, 0.3) is 0 Å². The Kier molecular flexibility index (Phi) is 5.18. The summed E-state index contributed by atoms with van der Waals surface area (Å²) < 4.78 is 0. The highest BCUT2D eigenvalue weighted by molar-refractivity contribution is 5.81. The Balaban J connectivity index is 3.54. The minimum atomic E-state index is -1.09. The zero-order valence-corrected chi connectivity index (χ0v) is 6.62. The molecule has 0 aromatic heterocycles. The molecule has 0 bridgehead atoms. The number of carbonyl (C=O) groups excluding carboxylic acids is 1. The molecule has 6 nitrogen and oxygen atoms in total. The lowest BCUT2D eigenvalue weighted by Crippen LogP contribution is -2.33. The van der Waals surface area contributed by atoms with Crippen molar-refractivity contribution >= 4 is 11.8 Å². The van der Waals surface area contributed by atoms with Gasteiger partial charge in [-0.3, -0.25) is 20.9 Å². The SMILES string of the molecule is NNCC(=O)CC[C@H](N)C(=O)O. The van der Waals surface area contributed by atoms with E-state index in [1.54, 1.807) is 0 Å². The highest BCUT2D eigenvalue weighted by atomic mass is 16.4. The number of carbonyl (C=O) groups is 2. The zero-order chi connectivity index (χ0) is 9.56. The summed E-state index contributed by atoms with van der Waals surface area (Å²) >= 11 is 0. The van der Waals surface area contributed by atoms with Gasteiger partial charge in [0, 0.05) is 6.42 Å². The monoisotopic (exact) mass is 175 g/mol. The predicted molar refractivity (Wildman–Crippen MR) is 42.0 cm³/mol. The van der Waals surface area contributed by atoms with E-state index in [9.17, 15) is 9.59 Å². The average molecular weight is 175 g/mol. The number of aliphatic carboxylic acids is 1. The number of carboxylic acids is 1. The van der Waals surface area contributed by atoms with Crippen LogP contribution >= 0.6 is 0 Å². The summed E-state index contributed by atoms with van der Waals surface area (Å²) in [7, 11) is 0. The third-order valence-electron chi connectivity index (χ3n) is 1.35. The Hall–Kier alpha value is -0.980. The van der Waals surface area contributed by atoms with Crippen LogP contribution in [0, 0.1) is 0 Å². The third-order valence-corrected chi connectivity index (χ3v) is 1.35. The van der Waals surface area contributed by atoms with E-state index in [2.05, 4.69) is 5.43 Å². The molecule has 12 heavy (non-hydrogen) atoms. The Labute approximate surface area is 69.9 Å². The molecule has 1 atom stereocenters. The molecule has 0 spiro atoms. The highest BCUT2D eigenvalue weighted by Gasteiger charge is 2.12. The average Bonchev–Trinajstić information content (AvgIpc) is 2.00. The quantitative estimate of drug-likeness (QED) is 0.280. The first-order valence-corrected chi connectivity index (χ1v) is 3.51. The van der Waals surface area contributed by atoms with Crippen LogP contribution in [0.4, 0.5) is 0 Å². The van der Waals surface area contributed by atoms with Crippen LogP contribution in [0.15, 0.2) is 0 Å². The molecule has 0 unspecified atom stereocenters. The summed E-state index contributed by atoms with van der Waals surface area (Å²) in [4.78, 5) is 21.0. The molecule has 0 fully saturated rings. The minimum absolute atomic E-state index is 0.0480. The number of ketones is 1. The van der Waals surface area contributed by atoms with Crippen molar-refractivity contribution in [1.29, 1.82) is 0 Å². The fourth-order valence-electron chi connectivity index (χ4n) is 0.642. The van der Waals surface area contributed by atoms with E-state index in [1.165, 1.54) is 0 Å². The van der Waals surface area contributed by atoms with Crippen molar-refractivity contribution in [2.45, 2.75) is 18.9 Å². The molecule has 70 valence electrons. The van der Waals surface area contributed by atoms with Crippen molar-refractivity contribution in [3.8, 4) is 0 Å². The third kappa shape index (κ3) is 4.78. The normalized spacial score (nSPS) is 12.5. The Bertz CT molecular complexity index is 171. The van der Waals surface area contributed by atoms with E-state index in [4.69, 9.17) is 16.7 Å². The lowest BCUT2D eigenvalue weighted by molar-refractivity contribution is -0.138. The molecule has 6 heteroatoms. The molecule has 0 aromatic carbocycles. The number of carboxylic acid groups (broad SMARTS) is 1. The van der Waals surface area contributed by atoms with E-state index >= 15 is 0 Å². The second-order valence-electron chi connectivity index (χ2n) is 2.40. The van der Waals surface area contributed by atoms with Crippen LogP contribution < -0.4 is 17.0 Å². The second kappa shape index (κ2) is 5.64. The molecule has 6 N–H and O–H groups in total. The van der Waals surface area contributed by atoms with Gasteiger partial charge in [-0.1, -0.05) is 0 Å². The minimum Gasteiger partial charge on any atom is -0.480 e. The van der Waals surface area contributed by atoms with Crippen molar-refractivity contribution in [3.63, 3.8) is 0 Å². The largest absolute Gasteiger partial charge is 0.480 e. The molecule has 0 radical (unpaired) electrons. The maximum Gasteiger partial charge on any atom is 0.320 e. The topological polar surface area (TPSA) is 118 Å². The van der Waals surface area contributed by atoms with Gasteiger partial charge < -0.3 is 10.8 Å². The molecule has 0 aliphatic carbocycles. The molecule has 0 aliphatic rings. The number of nitrogens with two attached hydrogens (primary N) is 2. The Morgan fingerprint density at radius 2 is 2.08 bits per heavy atom. The Morgan fingerprint density at radius 3 is 2.50 bits per heavy atom. The standard InChI is InChI=1S/C6H13N3O3/c7-5(6(11)12)2-1-4(10)3-9-8/h5,9H,1-3,7-8H2,(H,11,12)/t5-/m0/s1. The maximum absolute atomic E-state index is 10.8. The summed E-state index contributed by atoms with van der Waals surface area (Å²) in [5.74, 6) is 3.64. The summed E-state index contributed by atoms with van der Waals surface area (Å²) in [6.45, 7) is 0.0480. The van der Waals surface area contributed by atoms with Gasteiger partial charge in [-0.25, -0.2) is 0 Å². The first kappa shape index (κ1) is 11.0. The summed E-state index contributed by atoms with van der Waals surface area (Å²) in [6, 6.07) is -0.966. The molecule has 0 heterocycles. The molecule has 0 saturated carbocycles. The number of nitrogens with one attached hydrogen (secondary N) is 1. The maximum atomic E-state index is 10.8. The first-order valence-electron chi connectivity index (χ1n) is 3.51. The fraction of sp³-hybridized carbons (Fsp3) is 0.667. The fourth-order valence-corrected chi connectivity index (χ4v) is 0.642. The van der Waals surface area contributed by atoms with Gasteiger partial charge in [-0.2, -0.15) is 0 Å². The van der Waals surface area contributed by atoms with Gasteiger partial charge in [-0.05, 0) is 6.42 Å². The van der Waals surface area contributed by atoms with E-state index in [0.29, 0.717) is 0 Å². The van der Waals surface area contributed by atoms with E-state index in [0.717, 1.165) is 0 Å². The molecule has 0 aliphatic heterocycles. The molecule has 0 aromatic rings. The van der Waals surface area contributed by atoms with E-state index in [-0.39, 0.29) is 25.2 Å². The Morgan fingerprint density at radius 1 is 1.50 bits per heavy atom. The predicted octanol–water partition coefficient (Wildman–Crippen LogP) is -1.79. The summed E-state index contributed by atoms with van der Waals surface area (Å²) in [5, 5.41) is 8.35. The molecular weight excluding hydrogens is 162 g/mol. The highest BCUT2D eigenvalue weighted by Crippen LogP contribution is 1.94.